The van der Waals surface area contributed by atoms with E-state index in [1.807, 2.05) is 18.7 Å². The van der Waals surface area contributed by atoms with Gasteiger partial charge in [0.2, 0.25) is 0 Å². The topological polar surface area (TPSA) is 75.8 Å². The SMILES string of the molecule is CCC(C(=O)c1ccc(OC)c(N)c1)N(CC)CCO. The van der Waals surface area contributed by atoms with Crippen molar-refractivity contribution < 1.29 is 14.6 Å². The number of nitrogens with two attached hydrogens (primary N) is 1. The fourth-order valence-electron chi connectivity index (χ4n) is 2.35. The minimum atomic E-state index is -0.236. The van der Waals surface area contributed by atoms with Crippen molar-refractivity contribution in [1.82, 2.24) is 4.90 Å². The molecule has 0 amide bonds. The molecule has 0 spiro atoms. The van der Waals surface area contributed by atoms with Gasteiger partial charge in [0.25, 0.3) is 0 Å². The number of aliphatic hydroxyl groups excluding tert-OH is 1. The van der Waals surface area contributed by atoms with Crippen LogP contribution in [0.2, 0.25) is 0 Å². The van der Waals surface area contributed by atoms with Crippen LogP contribution in [0, 0.1) is 0 Å². The maximum absolute atomic E-state index is 12.6. The van der Waals surface area contributed by atoms with Crippen molar-refractivity contribution >= 4 is 11.5 Å². The van der Waals surface area contributed by atoms with Gasteiger partial charge in [-0.05, 0) is 31.2 Å². The van der Waals surface area contributed by atoms with Gasteiger partial charge in [0, 0.05) is 12.1 Å². The van der Waals surface area contributed by atoms with E-state index in [0.717, 1.165) is 6.54 Å². The Kier molecular flexibility index (Phi) is 6.48. The van der Waals surface area contributed by atoms with Crippen LogP contribution in [0.5, 0.6) is 5.75 Å². The van der Waals surface area contributed by atoms with Crippen LogP contribution in [0.15, 0.2) is 18.2 Å². The molecule has 1 rings (SSSR count). The van der Waals surface area contributed by atoms with E-state index in [0.29, 0.717) is 30.0 Å². The number of benzene rings is 1. The molecule has 0 aliphatic rings. The van der Waals surface area contributed by atoms with E-state index in [1.165, 1.54) is 0 Å². The first-order valence-electron chi connectivity index (χ1n) is 6.91. The lowest BCUT2D eigenvalue weighted by molar-refractivity contribution is 0.0787. The number of carbonyl (C=O) groups excluding carboxylic acids is 1. The lowest BCUT2D eigenvalue weighted by atomic mass is 10.00. The fraction of sp³-hybridized carbons (Fsp3) is 0.533. The maximum atomic E-state index is 12.6. The minimum absolute atomic E-state index is 0.0251. The number of anilines is 1. The summed E-state index contributed by atoms with van der Waals surface area (Å²) in [6, 6.07) is 4.85. The third-order valence-electron chi connectivity index (χ3n) is 3.44. The van der Waals surface area contributed by atoms with E-state index in [9.17, 15) is 4.79 Å². The molecule has 0 aliphatic carbocycles. The molecule has 20 heavy (non-hydrogen) atoms. The third-order valence-corrected chi connectivity index (χ3v) is 3.44. The molecule has 0 bridgehead atoms. The Bertz CT molecular complexity index is 449. The van der Waals surface area contributed by atoms with Crippen LogP contribution in [-0.4, -0.2) is 48.6 Å². The molecule has 3 N–H and O–H groups in total. The monoisotopic (exact) mass is 280 g/mol. The second kappa shape index (κ2) is 7.87. The predicted octanol–water partition coefficient (Wildman–Crippen LogP) is 1.55. The van der Waals surface area contributed by atoms with Gasteiger partial charge in [-0.3, -0.25) is 9.69 Å². The van der Waals surface area contributed by atoms with Crippen LogP contribution in [0.25, 0.3) is 0 Å². The second-order valence-corrected chi connectivity index (χ2v) is 4.60. The number of nitrogen functional groups attached to an aromatic ring is 1. The van der Waals surface area contributed by atoms with Gasteiger partial charge in [0.05, 0.1) is 25.4 Å². The zero-order chi connectivity index (χ0) is 15.1. The summed E-state index contributed by atoms with van der Waals surface area (Å²) in [6.45, 7) is 5.20. The number of Topliss-reactive ketones (excluding diaryl/α,β-unsaturated/α-hetero) is 1. The molecule has 1 atom stereocenters. The van der Waals surface area contributed by atoms with Gasteiger partial charge >= 0.3 is 0 Å². The summed E-state index contributed by atoms with van der Waals surface area (Å²) in [5.41, 5.74) is 6.88. The van der Waals surface area contributed by atoms with E-state index < -0.39 is 0 Å². The number of likely N-dealkylation sites (N-methyl/N-ethyl adjacent to an activating group) is 1. The summed E-state index contributed by atoms with van der Waals surface area (Å²) < 4.78 is 5.09. The van der Waals surface area contributed by atoms with Crippen LogP contribution in [0.3, 0.4) is 0 Å². The van der Waals surface area contributed by atoms with Crippen LogP contribution >= 0.6 is 0 Å². The van der Waals surface area contributed by atoms with Crippen molar-refractivity contribution in [1.29, 1.82) is 0 Å². The number of ether oxygens (including phenoxy) is 1. The summed E-state index contributed by atoms with van der Waals surface area (Å²) in [5.74, 6) is 0.592. The Balaban J connectivity index is 2.98. The van der Waals surface area contributed by atoms with Crippen molar-refractivity contribution in [3.05, 3.63) is 23.8 Å². The second-order valence-electron chi connectivity index (χ2n) is 4.60. The van der Waals surface area contributed by atoms with Gasteiger partial charge in [-0.2, -0.15) is 0 Å². The summed E-state index contributed by atoms with van der Waals surface area (Å²) in [6.07, 6.45) is 0.693. The molecule has 1 unspecified atom stereocenters. The number of nitrogens with zero attached hydrogens (tertiary/aromatic N) is 1. The minimum Gasteiger partial charge on any atom is -0.495 e. The van der Waals surface area contributed by atoms with Crippen molar-refractivity contribution in [2.75, 3.05) is 32.5 Å². The summed E-state index contributed by atoms with van der Waals surface area (Å²) >= 11 is 0. The van der Waals surface area contributed by atoms with E-state index in [4.69, 9.17) is 15.6 Å². The summed E-state index contributed by atoms with van der Waals surface area (Å²) in [7, 11) is 1.54. The van der Waals surface area contributed by atoms with Crippen LogP contribution in [0.4, 0.5) is 5.69 Å². The Labute approximate surface area is 120 Å². The number of rotatable bonds is 8. The molecule has 0 saturated carbocycles. The third kappa shape index (κ3) is 3.71. The van der Waals surface area contributed by atoms with Crippen LogP contribution in [0.1, 0.15) is 30.6 Å². The molecular formula is C15H24N2O3. The average Bonchev–Trinajstić information content (AvgIpc) is 2.46. The molecular weight excluding hydrogens is 256 g/mol. The number of methoxy groups -OCH3 is 1. The Morgan fingerprint density at radius 1 is 1.45 bits per heavy atom. The number of carbonyl (C=O) groups is 1. The Morgan fingerprint density at radius 2 is 2.15 bits per heavy atom. The van der Waals surface area contributed by atoms with Gasteiger partial charge in [-0.15, -0.1) is 0 Å². The number of hydrogen-bond acceptors (Lipinski definition) is 5. The Morgan fingerprint density at radius 3 is 2.60 bits per heavy atom. The van der Waals surface area contributed by atoms with E-state index in [2.05, 4.69) is 0 Å². The van der Waals surface area contributed by atoms with Crippen molar-refractivity contribution in [2.45, 2.75) is 26.3 Å². The highest BCUT2D eigenvalue weighted by atomic mass is 16.5. The van der Waals surface area contributed by atoms with E-state index in [-0.39, 0.29) is 18.4 Å². The number of hydrogen-bond donors (Lipinski definition) is 2. The largest absolute Gasteiger partial charge is 0.495 e. The first-order valence-corrected chi connectivity index (χ1v) is 6.91. The fourth-order valence-corrected chi connectivity index (χ4v) is 2.35. The molecule has 0 aromatic heterocycles. The smallest absolute Gasteiger partial charge is 0.180 e. The molecule has 5 nitrogen and oxygen atoms in total. The molecule has 112 valence electrons. The molecule has 1 aromatic carbocycles. The zero-order valence-corrected chi connectivity index (χ0v) is 12.4. The van der Waals surface area contributed by atoms with E-state index in [1.54, 1.807) is 25.3 Å². The van der Waals surface area contributed by atoms with E-state index >= 15 is 0 Å². The normalized spacial score (nSPS) is 12.4. The lowest BCUT2D eigenvalue weighted by Crippen LogP contribution is -2.42. The van der Waals surface area contributed by atoms with Crippen molar-refractivity contribution in [3.8, 4) is 5.75 Å². The zero-order valence-electron chi connectivity index (χ0n) is 12.4. The number of ketones is 1. The molecule has 0 heterocycles. The molecule has 1 aromatic rings. The van der Waals surface area contributed by atoms with Crippen molar-refractivity contribution in [3.63, 3.8) is 0 Å². The summed E-state index contributed by atoms with van der Waals surface area (Å²) in [4.78, 5) is 14.6. The quantitative estimate of drug-likeness (QED) is 0.558. The predicted molar refractivity (Wildman–Crippen MR) is 80.1 cm³/mol. The summed E-state index contributed by atoms with van der Waals surface area (Å²) in [5, 5.41) is 9.09. The van der Waals surface area contributed by atoms with Crippen molar-refractivity contribution in [2.24, 2.45) is 0 Å². The van der Waals surface area contributed by atoms with Crippen LogP contribution < -0.4 is 10.5 Å². The van der Waals surface area contributed by atoms with Gasteiger partial charge in [0.1, 0.15) is 5.75 Å². The van der Waals surface area contributed by atoms with Gasteiger partial charge in [-0.1, -0.05) is 13.8 Å². The molecule has 5 heteroatoms. The van der Waals surface area contributed by atoms with Crippen LogP contribution in [-0.2, 0) is 0 Å². The van der Waals surface area contributed by atoms with Gasteiger partial charge in [0.15, 0.2) is 5.78 Å². The molecule has 0 radical (unpaired) electrons. The average molecular weight is 280 g/mol. The van der Waals surface area contributed by atoms with Gasteiger partial charge in [-0.25, -0.2) is 0 Å². The highest BCUT2D eigenvalue weighted by molar-refractivity contribution is 6.01. The van der Waals surface area contributed by atoms with Gasteiger partial charge < -0.3 is 15.6 Å². The Hall–Kier alpha value is -1.59. The molecule has 0 aliphatic heterocycles. The number of aliphatic hydroxyl groups is 1. The first kappa shape index (κ1) is 16.5. The molecule has 0 saturated heterocycles. The lowest BCUT2D eigenvalue weighted by Gasteiger charge is -2.28. The first-order chi connectivity index (χ1) is 9.58. The maximum Gasteiger partial charge on any atom is 0.180 e. The highest BCUT2D eigenvalue weighted by Gasteiger charge is 2.24. The highest BCUT2D eigenvalue weighted by Crippen LogP contribution is 2.23. The standard InChI is InChI=1S/C15H24N2O3/c1-4-13(17(5-2)8-9-18)15(19)11-6-7-14(20-3)12(16)10-11/h6-7,10,13,18H,4-5,8-9,16H2,1-3H3. The molecule has 0 fully saturated rings.